The van der Waals surface area contributed by atoms with E-state index in [1.807, 2.05) is 0 Å². The third kappa shape index (κ3) is 1.64. The van der Waals surface area contributed by atoms with E-state index in [0.29, 0.717) is 0 Å². The Bertz CT molecular complexity index is 451. The number of hydrogen-bond acceptors (Lipinski definition) is 1. The van der Waals surface area contributed by atoms with Crippen LogP contribution in [0.2, 0.25) is 0 Å². The van der Waals surface area contributed by atoms with Crippen molar-refractivity contribution in [2.45, 2.75) is 0 Å². The van der Waals surface area contributed by atoms with Gasteiger partial charge < -0.3 is 5.32 Å². The molecule has 0 bridgehead atoms. The molecule has 3 heteroatoms. The Morgan fingerprint density at radius 1 is 0.667 bits per heavy atom. The summed E-state index contributed by atoms with van der Waals surface area (Å²) in [5.41, 5.74) is 2.54. The van der Waals surface area contributed by atoms with Gasteiger partial charge in [-0.2, -0.15) is 0 Å². The van der Waals surface area contributed by atoms with E-state index >= 15 is 0 Å². The van der Waals surface area contributed by atoms with Crippen molar-refractivity contribution in [1.29, 1.82) is 0 Å². The molecule has 2 aromatic carbocycles. The molecule has 2 aromatic rings. The van der Waals surface area contributed by atoms with E-state index < -0.39 is 0 Å². The van der Waals surface area contributed by atoms with Crippen LogP contribution in [0.1, 0.15) is 0 Å². The Balaban J connectivity index is 2.10. The van der Waals surface area contributed by atoms with Gasteiger partial charge in [-0.05, 0) is 22.5 Å². The fourth-order valence-electron chi connectivity index (χ4n) is 1.68. The Morgan fingerprint density at radius 3 is 1.67 bits per heavy atom. The van der Waals surface area contributed by atoms with Crippen LogP contribution in [0.25, 0.3) is 0 Å². The highest BCUT2D eigenvalue weighted by Crippen LogP contribution is 2.13. The smallest absolute Gasteiger partial charge is 0.0741 e. The van der Waals surface area contributed by atoms with Crippen LogP contribution < -0.4 is 15.7 Å². The first-order valence-corrected chi connectivity index (χ1v) is 7.90. The summed E-state index contributed by atoms with van der Waals surface area (Å²) < 4.78 is 0. The minimum Gasteiger partial charge on any atom is -0.356 e. The largest absolute Gasteiger partial charge is 0.356 e. The lowest BCUT2D eigenvalue weighted by molar-refractivity contribution is 1.60. The minimum atomic E-state index is 0.898. The maximum atomic E-state index is 3.52. The molecule has 0 atom stereocenters. The van der Waals surface area contributed by atoms with Crippen molar-refractivity contribution in [2.75, 3.05) is 5.32 Å². The van der Waals surface area contributed by atoms with Crippen LogP contribution in [-0.4, -0.2) is 18.1 Å². The summed E-state index contributed by atoms with van der Waals surface area (Å²) in [6.45, 7) is 0. The molecule has 1 heterocycles. The summed E-state index contributed by atoms with van der Waals surface area (Å²) in [6, 6.07) is 17.2. The molecular formula is C12H9NSi2. The summed E-state index contributed by atoms with van der Waals surface area (Å²) in [7, 11) is 1.80. The minimum absolute atomic E-state index is 0.898. The van der Waals surface area contributed by atoms with Gasteiger partial charge in [-0.25, -0.2) is 0 Å². The van der Waals surface area contributed by atoms with Crippen molar-refractivity contribution in [2.24, 2.45) is 0 Å². The van der Waals surface area contributed by atoms with Crippen LogP contribution in [0.4, 0.5) is 11.4 Å². The lowest BCUT2D eigenvalue weighted by Gasteiger charge is -2.08. The van der Waals surface area contributed by atoms with Gasteiger partial charge in [0.1, 0.15) is 0 Å². The molecule has 0 unspecified atom stereocenters. The SMILES string of the molecule is c1ccc2c(c1)Nc1ccccc1[Si][Si]2. The number of nitrogens with one attached hydrogen (secondary N) is 1. The van der Waals surface area contributed by atoms with E-state index in [1.165, 1.54) is 21.7 Å². The molecule has 1 nitrogen and oxygen atoms in total. The van der Waals surface area contributed by atoms with Crippen molar-refractivity contribution in [1.82, 2.24) is 0 Å². The van der Waals surface area contributed by atoms with Gasteiger partial charge in [0, 0.05) is 11.4 Å². The Morgan fingerprint density at radius 2 is 1.13 bits per heavy atom. The van der Waals surface area contributed by atoms with Gasteiger partial charge in [0.25, 0.3) is 0 Å². The number of fused-ring (bicyclic) bond motifs is 2. The lowest BCUT2D eigenvalue weighted by atomic mass is 10.2. The maximum Gasteiger partial charge on any atom is 0.0741 e. The molecule has 0 saturated heterocycles. The molecule has 70 valence electrons. The average Bonchev–Trinajstić information content (AvgIpc) is 2.48. The molecule has 1 aliphatic heterocycles. The molecule has 0 spiro atoms. The third-order valence-corrected chi connectivity index (χ3v) is 5.98. The van der Waals surface area contributed by atoms with Gasteiger partial charge in [-0.15, -0.1) is 0 Å². The van der Waals surface area contributed by atoms with E-state index in [-0.39, 0.29) is 0 Å². The number of para-hydroxylation sites is 2. The van der Waals surface area contributed by atoms with Crippen molar-refractivity contribution in [3.8, 4) is 0 Å². The normalized spacial score (nSPS) is 13.3. The monoisotopic (exact) mass is 223 g/mol. The van der Waals surface area contributed by atoms with Crippen LogP contribution in [0.5, 0.6) is 0 Å². The zero-order valence-corrected chi connectivity index (χ0v) is 10.1. The van der Waals surface area contributed by atoms with Crippen LogP contribution in [0, 0.1) is 0 Å². The van der Waals surface area contributed by atoms with Crippen molar-refractivity contribution >= 4 is 39.8 Å². The topological polar surface area (TPSA) is 12.0 Å². The number of rotatable bonds is 0. The fourth-order valence-corrected chi connectivity index (χ4v) is 4.99. The first kappa shape index (κ1) is 8.94. The summed E-state index contributed by atoms with van der Waals surface area (Å²) in [6.07, 6.45) is 0. The Hall–Kier alpha value is -1.33. The van der Waals surface area contributed by atoms with Crippen LogP contribution in [0.3, 0.4) is 0 Å². The average molecular weight is 223 g/mol. The molecule has 15 heavy (non-hydrogen) atoms. The van der Waals surface area contributed by atoms with Gasteiger partial charge >= 0.3 is 0 Å². The molecular weight excluding hydrogens is 214 g/mol. The zero-order valence-electron chi connectivity index (χ0n) is 8.12. The van der Waals surface area contributed by atoms with E-state index in [2.05, 4.69) is 53.8 Å². The first-order chi connectivity index (χ1) is 7.43. The van der Waals surface area contributed by atoms with E-state index in [9.17, 15) is 0 Å². The second kappa shape index (κ2) is 3.68. The number of anilines is 2. The highest BCUT2D eigenvalue weighted by molar-refractivity contribution is 7.14. The lowest BCUT2D eigenvalue weighted by Crippen LogP contribution is -2.27. The van der Waals surface area contributed by atoms with E-state index in [1.54, 1.807) is 0 Å². The maximum absolute atomic E-state index is 3.52. The van der Waals surface area contributed by atoms with Gasteiger partial charge in [0.2, 0.25) is 0 Å². The summed E-state index contributed by atoms with van der Waals surface area (Å²) in [5.74, 6) is 0. The molecule has 0 saturated carbocycles. The fraction of sp³-hybridized carbons (Fsp3) is 0. The standard InChI is InChI=1S/C12H9NSi2/c1-3-7-11-9(5-1)13-10-6-2-4-8-12(10)15-14-11/h1-8,13H. The molecule has 1 N–H and O–H groups in total. The zero-order chi connectivity index (χ0) is 10.1. The molecule has 0 fully saturated rings. The quantitative estimate of drug-likeness (QED) is 0.658. The van der Waals surface area contributed by atoms with Gasteiger partial charge in [0.15, 0.2) is 0 Å². The highest BCUT2D eigenvalue weighted by Gasteiger charge is 2.11. The molecule has 3 rings (SSSR count). The molecule has 4 radical (unpaired) electrons. The predicted octanol–water partition coefficient (Wildman–Crippen LogP) is 1.02. The Labute approximate surface area is 94.0 Å². The molecule has 0 aliphatic carbocycles. The third-order valence-electron chi connectivity index (χ3n) is 2.46. The van der Waals surface area contributed by atoms with E-state index in [4.69, 9.17) is 0 Å². The second-order valence-corrected chi connectivity index (χ2v) is 6.54. The molecule has 1 aliphatic rings. The number of benzene rings is 2. The van der Waals surface area contributed by atoms with Crippen molar-refractivity contribution in [3.63, 3.8) is 0 Å². The number of hydrogen-bond donors (Lipinski definition) is 1. The van der Waals surface area contributed by atoms with Crippen molar-refractivity contribution in [3.05, 3.63) is 48.5 Å². The van der Waals surface area contributed by atoms with Crippen LogP contribution >= 0.6 is 0 Å². The first-order valence-electron chi connectivity index (χ1n) is 4.90. The van der Waals surface area contributed by atoms with Gasteiger partial charge in [-0.1, -0.05) is 36.4 Å². The van der Waals surface area contributed by atoms with Crippen molar-refractivity contribution < 1.29 is 0 Å². The highest BCUT2D eigenvalue weighted by atomic mass is 29.1. The van der Waals surface area contributed by atoms with Gasteiger partial charge in [-0.3, -0.25) is 0 Å². The van der Waals surface area contributed by atoms with Gasteiger partial charge in [0.05, 0.1) is 18.1 Å². The molecule has 0 amide bonds. The molecule has 0 aromatic heterocycles. The Kier molecular flexibility index (Phi) is 2.19. The second-order valence-electron chi connectivity index (χ2n) is 3.47. The van der Waals surface area contributed by atoms with Crippen LogP contribution in [-0.2, 0) is 0 Å². The summed E-state index contributed by atoms with van der Waals surface area (Å²) in [4.78, 5) is 0. The van der Waals surface area contributed by atoms with Crippen LogP contribution in [0.15, 0.2) is 48.5 Å². The summed E-state index contributed by atoms with van der Waals surface area (Å²) >= 11 is 0. The predicted molar refractivity (Wildman–Crippen MR) is 66.9 cm³/mol. The summed E-state index contributed by atoms with van der Waals surface area (Å²) in [5, 5.41) is 6.42. The van der Waals surface area contributed by atoms with E-state index in [0.717, 1.165) is 18.1 Å².